The predicted molar refractivity (Wildman–Crippen MR) is 48.0 cm³/mol. The second-order valence-corrected chi connectivity index (χ2v) is 3.69. The van der Waals surface area contributed by atoms with E-state index in [1.807, 2.05) is 0 Å². The fraction of sp³-hybridized carbons (Fsp3) is 0.875. The molecule has 1 saturated heterocycles. The van der Waals surface area contributed by atoms with Crippen LogP contribution >= 0.6 is 0 Å². The van der Waals surface area contributed by atoms with Gasteiger partial charge in [0.05, 0.1) is 12.6 Å². The quantitative estimate of drug-likeness (QED) is 0.569. The van der Waals surface area contributed by atoms with Crippen LogP contribution in [0.2, 0.25) is 0 Å². The first kappa shape index (κ1) is 11.3. The molecule has 1 aliphatic heterocycles. The van der Waals surface area contributed by atoms with Gasteiger partial charge in [-0.15, -0.1) is 0 Å². The van der Waals surface area contributed by atoms with Crippen molar-refractivity contribution in [2.45, 2.75) is 31.4 Å². The largest absolute Gasteiger partial charge is 0.351 e. The van der Waals surface area contributed by atoms with Gasteiger partial charge >= 0.3 is 0 Å². The van der Waals surface area contributed by atoms with E-state index in [4.69, 9.17) is 5.73 Å². The Morgan fingerprint density at radius 2 is 2.36 bits per heavy atom. The first-order chi connectivity index (χ1) is 6.41. The highest BCUT2D eigenvalue weighted by Gasteiger charge is 2.36. The maximum atomic E-state index is 12.9. The average Bonchev–Trinajstić information content (AvgIpc) is 2.01. The Morgan fingerprint density at radius 1 is 1.71 bits per heavy atom. The summed E-state index contributed by atoms with van der Waals surface area (Å²) in [6.45, 7) is 1.56. The van der Waals surface area contributed by atoms with Crippen LogP contribution in [0.4, 0.5) is 8.78 Å². The van der Waals surface area contributed by atoms with Crippen molar-refractivity contribution in [3.63, 3.8) is 0 Å². The summed E-state index contributed by atoms with van der Waals surface area (Å²) in [6.07, 6.45) is -0.321. The SMILES string of the molecule is CC(N)C(=O)NC1CNCC(F)(F)C1. The van der Waals surface area contributed by atoms with E-state index in [0.29, 0.717) is 6.54 Å². The number of carbonyl (C=O) groups is 1. The molecular weight excluding hydrogens is 192 g/mol. The Balaban J connectivity index is 2.42. The first-order valence-electron chi connectivity index (χ1n) is 4.55. The average molecular weight is 207 g/mol. The number of nitrogens with two attached hydrogens (primary N) is 1. The number of halogens is 2. The number of hydrogen-bond donors (Lipinski definition) is 3. The molecule has 0 aliphatic carbocycles. The lowest BCUT2D eigenvalue weighted by Crippen LogP contribution is -2.55. The van der Waals surface area contributed by atoms with Gasteiger partial charge in [0, 0.05) is 19.0 Å². The normalized spacial score (nSPS) is 28.1. The number of rotatable bonds is 2. The lowest BCUT2D eigenvalue weighted by molar-refractivity contribution is -0.123. The van der Waals surface area contributed by atoms with Crippen LogP contribution in [0.15, 0.2) is 0 Å². The third-order valence-electron chi connectivity index (χ3n) is 2.08. The van der Waals surface area contributed by atoms with Crippen LogP contribution in [0.5, 0.6) is 0 Å². The molecule has 1 aliphatic rings. The van der Waals surface area contributed by atoms with E-state index >= 15 is 0 Å². The minimum absolute atomic E-state index is 0.321. The van der Waals surface area contributed by atoms with Crippen molar-refractivity contribution in [3.8, 4) is 0 Å². The van der Waals surface area contributed by atoms with E-state index in [1.54, 1.807) is 0 Å². The lowest BCUT2D eigenvalue weighted by Gasteiger charge is -2.30. The van der Waals surface area contributed by atoms with Crippen molar-refractivity contribution < 1.29 is 13.6 Å². The summed E-state index contributed by atoms with van der Waals surface area (Å²) in [6, 6.07) is -1.19. The van der Waals surface area contributed by atoms with Crippen molar-refractivity contribution in [3.05, 3.63) is 0 Å². The molecule has 1 amide bonds. The number of hydrogen-bond acceptors (Lipinski definition) is 3. The van der Waals surface area contributed by atoms with Gasteiger partial charge in [0.15, 0.2) is 0 Å². The molecule has 0 radical (unpaired) electrons. The molecule has 0 saturated carbocycles. The minimum atomic E-state index is -2.74. The summed E-state index contributed by atoms with van der Waals surface area (Å²) in [4.78, 5) is 11.1. The van der Waals surface area contributed by atoms with E-state index in [0.717, 1.165) is 0 Å². The molecule has 4 nitrogen and oxygen atoms in total. The maximum Gasteiger partial charge on any atom is 0.262 e. The van der Waals surface area contributed by atoms with Crippen LogP contribution in [0.25, 0.3) is 0 Å². The molecule has 0 aromatic heterocycles. The molecule has 2 unspecified atom stereocenters. The number of nitrogens with one attached hydrogen (secondary N) is 2. The monoisotopic (exact) mass is 207 g/mol. The molecule has 1 heterocycles. The van der Waals surface area contributed by atoms with Gasteiger partial charge in [-0.05, 0) is 6.92 Å². The van der Waals surface area contributed by atoms with E-state index in [9.17, 15) is 13.6 Å². The molecule has 4 N–H and O–H groups in total. The van der Waals surface area contributed by atoms with E-state index < -0.39 is 23.9 Å². The van der Waals surface area contributed by atoms with Gasteiger partial charge in [-0.3, -0.25) is 4.79 Å². The molecule has 14 heavy (non-hydrogen) atoms. The van der Waals surface area contributed by atoms with Gasteiger partial charge < -0.3 is 16.4 Å². The van der Waals surface area contributed by atoms with Crippen molar-refractivity contribution in [1.82, 2.24) is 10.6 Å². The lowest BCUT2D eigenvalue weighted by atomic mass is 10.0. The zero-order chi connectivity index (χ0) is 10.8. The minimum Gasteiger partial charge on any atom is -0.351 e. The Hall–Kier alpha value is -0.750. The summed E-state index contributed by atoms with van der Waals surface area (Å²) >= 11 is 0. The highest BCUT2D eigenvalue weighted by Crippen LogP contribution is 2.22. The van der Waals surface area contributed by atoms with E-state index in [2.05, 4.69) is 10.6 Å². The van der Waals surface area contributed by atoms with Crippen LogP contribution in [0.1, 0.15) is 13.3 Å². The zero-order valence-electron chi connectivity index (χ0n) is 8.02. The standard InChI is InChI=1S/C8H15F2N3O/c1-5(11)7(14)13-6-2-8(9,10)4-12-3-6/h5-6,12H,2-4,11H2,1H3,(H,13,14). The summed E-state index contributed by atoms with van der Waals surface area (Å²) < 4.78 is 25.7. The molecule has 0 aromatic rings. The van der Waals surface area contributed by atoms with Gasteiger partial charge in [0.1, 0.15) is 0 Å². The fourth-order valence-corrected chi connectivity index (χ4v) is 1.37. The smallest absolute Gasteiger partial charge is 0.262 e. The summed E-state index contributed by atoms with van der Waals surface area (Å²) in [7, 11) is 0. The second kappa shape index (κ2) is 4.18. The van der Waals surface area contributed by atoms with E-state index in [-0.39, 0.29) is 13.0 Å². The number of amides is 1. The molecule has 1 rings (SSSR count). The topological polar surface area (TPSA) is 67.2 Å². The van der Waals surface area contributed by atoms with Gasteiger partial charge in [-0.1, -0.05) is 0 Å². The van der Waals surface area contributed by atoms with Gasteiger partial charge in [-0.25, -0.2) is 8.78 Å². The highest BCUT2D eigenvalue weighted by molar-refractivity contribution is 5.81. The van der Waals surface area contributed by atoms with Crippen LogP contribution < -0.4 is 16.4 Å². The van der Waals surface area contributed by atoms with Crippen LogP contribution in [-0.2, 0) is 4.79 Å². The molecule has 0 bridgehead atoms. The summed E-state index contributed by atoms with van der Waals surface area (Å²) in [5, 5.41) is 5.03. The number of alkyl halides is 2. The summed E-state index contributed by atoms with van der Waals surface area (Å²) in [5.74, 6) is -3.14. The van der Waals surface area contributed by atoms with Crippen molar-refractivity contribution in [1.29, 1.82) is 0 Å². The molecule has 2 atom stereocenters. The van der Waals surface area contributed by atoms with Gasteiger partial charge in [0.2, 0.25) is 5.91 Å². The van der Waals surface area contributed by atoms with Crippen LogP contribution in [-0.4, -0.2) is 37.0 Å². The second-order valence-electron chi connectivity index (χ2n) is 3.69. The summed E-state index contributed by atoms with van der Waals surface area (Å²) in [5.41, 5.74) is 5.30. The van der Waals surface area contributed by atoms with Crippen molar-refractivity contribution in [2.24, 2.45) is 5.73 Å². The zero-order valence-corrected chi connectivity index (χ0v) is 8.02. The molecular formula is C8H15F2N3O. The predicted octanol–water partition coefficient (Wildman–Crippen LogP) is -0.553. The number of carbonyl (C=O) groups excluding carboxylic acids is 1. The third-order valence-corrected chi connectivity index (χ3v) is 2.08. The molecule has 82 valence electrons. The fourth-order valence-electron chi connectivity index (χ4n) is 1.37. The van der Waals surface area contributed by atoms with Crippen LogP contribution in [0, 0.1) is 0 Å². The molecule has 6 heteroatoms. The maximum absolute atomic E-state index is 12.9. The van der Waals surface area contributed by atoms with Crippen LogP contribution in [0.3, 0.4) is 0 Å². The van der Waals surface area contributed by atoms with Crippen molar-refractivity contribution >= 4 is 5.91 Å². The Labute approximate surface area is 81.2 Å². The van der Waals surface area contributed by atoms with Gasteiger partial charge in [0.25, 0.3) is 5.92 Å². The molecule has 0 aromatic carbocycles. The first-order valence-corrected chi connectivity index (χ1v) is 4.55. The van der Waals surface area contributed by atoms with E-state index in [1.165, 1.54) is 6.92 Å². The third kappa shape index (κ3) is 3.19. The Kier molecular flexibility index (Phi) is 3.38. The highest BCUT2D eigenvalue weighted by atomic mass is 19.3. The Morgan fingerprint density at radius 3 is 2.86 bits per heavy atom. The van der Waals surface area contributed by atoms with Crippen molar-refractivity contribution in [2.75, 3.05) is 13.1 Å². The molecule has 0 spiro atoms. The Bertz CT molecular complexity index is 221. The van der Waals surface area contributed by atoms with Gasteiger partial charge in [-0.2, -0.15) is 0 Å². The number of piperidine rings is 1. The molecule has 1 fully saturated rings.